The molecule has 2 aromatic heterocycles. The lowest BCUT2D eigenvalue weighted by atomic mass is 10.1. The molecule has 0 aliphatic rings. The normalized spacial score (nSPS) is 11.0. The van der Waals surface area contributed by atoms with Gasteiger partial charge in [-0.2, -0.15) is 0 Å². The summed E-state index contributed by atoms with van der Waals surface area (Å²) < 4.78 is 0. The Morgan fingerprint density at radius 2 is 1.43 bits per heavy atom. The quantitative estimate of drug-likeness (QED) is 0.604. The Balaban J connectivity index is 2.01. The topological polar surface area (TPSA) is 63.1 Å². The largest absolute Gasteiger partial charge is 0.478 e. The highest BCUT2D eigenvalue weighted by molar-refractivity contribution is 5.99. The van der Waals surface area contributed by atoms with Gasteiger partial charge in [-0.3, -0.25) is 0 Å². The maximum absolute atomic E-state index is 11.6. The summed E-state index contributed by atoms with van der Waals surface area (Å²) in [5.74, 6) is -1.01. The first-order valence-corrected chi connectivity index (χ1v) is 7.21. The summed E-state index contributed by atoms with van der Waals surface area (Å²) in [6, 6.07) is 20.6. The Hall–Kier alpha value is -3.27. The van der Waals surface area contributed by atoms with Gasteiger partial charge in [0.05, 0.1) is 22.3 Å². The molecule has 1 N–H and O–H groups in total. The SMILES string of the molecule is O=C(O)c1cc2ccccc2nc1-c1ccc2ccccc2n1. The van der Waals surface area contributed by atoms with Crippen LogP contribution in [0.2, 0.25) is 0 Å². The Bertz CT molecular complexity index is 1060. The van der Waals surface area contributed by atoms with Gasteiger partial charge in [0.1, 0.15) is 5.69 Å². The van der Waals surface area contributed by atoms with E-state index in [2.05, 4.69) is 9.97 Å². The summed E-state index contributed by atoms with van der Waals surface area (Å²) in [4.78, 5) is 20.7. The molecule has 2 aromatic carbocycles. The molecule has 0 bridgehead atoms. The second-order valence-corrected chi connectivity index (χ2v) is 5.27. The minimum absolute atomic E-state index is 0.159. The van der Waals surface area contributed by atoms with Crippen molar-refractivity contribution in [1.82, 2.24) is 9.97 Å². The Labute approximate surface area is 132 Å². The van der Waals surface area contributed by atoms with Crippen LogP contribution in [0.1, 0.15) is 10.4 Å². The average molecular weight is 300 g/mol. The number of fused-ring (bicyclic) bond motifs is 2. The molecule has 4 rings (SSSR count). The number of aromatic nitrogens is 2. The molecular formula is C19H12N2O2. The summed E-state index contributed by atoms with van der Waals surface area (Å²) in [5, 5.41) is 11.3. The van der Waals surface area contributed by atoms with Crippen molar-refractivity contribution in [3.05, 3.63) is 72.3 Å². The molecule has 0 amide bonds. The van der Waals surface area contributed by atoms with E-state index in [-0.39, 0.29) is 5.56 Å². The first-order chi connectivity index (χ1) is 11.2. The van der Waals surface area contributed by atoms with E-state index in [9.17, 15) is 9.90 Å². The standard InChI is InChI=1S/C19H12N2O2/c22-19(23)14-11-13-6-2-4-8-16(13)21-18(14)17-10-9-12-5-1-3-7-15(12)20-17/h1-11H,(H,22,23). The van der Waals surface area contributed by atoms with Crippen molar-refractivity contribution >= 4 is 27.8 Å². The second-order valence-electron chi connectivity index (χ2n) is 5.27. The van der Waals surface area contributed by atoms with Crippen molar-refractivity contribution in [3.63, 3.8) is 0 Å². The van der Waals surface area contributed by atoms with Crippen molar-refractivity contribution < 1.29 is 9.90 Å². The van der Waals surface area contributed by atoms with Gasteiger partial charge in [-0.05, 0) is 24.3 Å². The monoisotopic (exact) mass is 300 g/mol. The molecule has 0 saturated carbocycles. The maximum Gasteiger partial charge on any atom is 0.338 e. The lowest BCUT2D eigenvalue weighted by Gasteiger charge is -2.08. The van der Waals surface area contributed by atoms with E-state index in [4.69, 9.17) is 0 Å². The van der Waals surface area contributed by atoms with Crippen LogP contribution in [-0.4, -0.2) is 21.0 Å². The molecule has 0 aliphatic heterocycles. The number of rotatable bonds is 2. The number of hydrogen-bond acceptors (Lipinski definition) is 3. The van der Waals surface area contributed by atoms with Crippen LogP contribution in [-0.2, 0) is 0 Å². The summed E-state index contributed by atoms with van der Waals surface area (Å²) in [6.45, 7) is 0. The highest BCUT2D eigenvalue weighted by Gasteiger charge is 2.16. The smallest absolute Gasteiger partial charge is 0.338 e. The van der Waals surface area contributed by atoms with Gasteiger partial charge < -0.3 is 5.11 Å². The molecule has 4 nitrogen and oxygen atoms in total. The molecule has 4 heteroatoms. The third-order valence-corrected chi connectivity index (χ3v) is 3.80. The first-order valence-electron chi connectivity index (χ1n) is 7.21. The molecule has 0 radical (unpaired) electrons. The number of carbonyl (C=O) groups is 1. The van der Waals surface area contributed by atoms with Crippen molar-refractivity contribution in [2.75, 3.05) is 0 Å². The highest BCUT2D eigenvalue weighted by Crippen LogP contribution is 2.26. The van der Waals surface area contributed by atoms with Crippen LogP contribution in [0.25, 0.3) is 33.2 Å². The molecule has 0 spiro atoms. The molecule has 110 valence electrons. The zero-order valence-corrected chi connectivity index (χ0v) is 12.1. The van der Waals surface area contributed by atoms with E-state index in [1.807, 2.05) is 60.7 Å². The minimum atomic E-state index is -1.01. The first kappa shape index (κ1) is 13.4. The molecule has 23 heavy (non-hydrogen) atoms. The summed E-state index contributed by atoms with van der Waals surface area (Å²) in [7, 11) is 0. The van der Waals surface area contributed by atoms with Crippen LogP contribution in [0.4, 0.5) is 0 Å². The van der Waals surface area contributed by atoms with Gasteiger partial charge >= 0.3 is 5.97 Å². The van der Waals surface area contributed by atoms with Crippen molar-refractivity contribution in [2.45, 2.75) is 0 Å². The van der Waals surface area contributed by atoms with E-state index in [0.717, 1.165) is 21.8 Å². The molecular weight excluding hydrogens is 288 g/mol. The summed E-state index contributed by atoms with van der Waals surface area (Å²) in [6.07, 6.45) is 0. The van der Waals surface area contributed by atoms with Gasteiger partial charge in [-0.25, -0.2) is 14.8 Å². The van der Waals surface area contributed by atoms with Crippen LogP contribution >= 0.6 is 0 Å². The van der Waals surface area contributed by atoms with Crippen LogP contribution in [0.5, 0.6) is 0 Å². The number of nitrogens with zero attached hydrogens (tertiary/aromatic N) is 2. The highest BCUT2D eigenvalue weighted by atomic mass is 16.4. The van der Waals surface area contributed by atoms with Gasteiger partial charge in [0, 0.05) is 10.8 Å². The number of carboxylic acids is 1. The minimum Gasteiger partial charge on any atom is -0.478 e. The molecule has 0 saturated heterocycles. The van der Waals surface area contributed by atoms with Gasteiger partial charge in [0.25, 0.3) is 0 Å². The lowest BCUT2D eigenvalue weighted by Crippen LogP contribution is -2.03. The number of hydrogen-bond donors (Lipinski definition) is 1. The number of pyridine rings is 2. The fraction of sp³-hybridized carbons (Fsp3) is 0. The van der Waals surface area contributed by atoms with E-state index < -0.39 is 5.97 Å². The van der Waals surface area contributed by atoms with Crippen molar-refractivity contribution in [1.29, 1.82) is 0 Å². The molecule has 0 unspecified atom stereocenters. The predicted molar refractivity (Wildman–Crippen MR) is 89.4 cm³/mol. The zero-order valence-electron chi connectivity index (χ0n) is 12.1. The van der Waals surface area contributed by atoms with Gasteiger partial charge in [0.2, 0.25) is 0 Å². The third kappa shape index (κ3) is 2.30. The Kier molecular flexibility index (Phi) is 3.01. The molecule has 2 heterocycles. The molecule has 0 aliphatic carbocycles. The van der Waals surface area contributed by atoms with Crippen molar-refractivity contribution in [2.24, 2.45) is 0 Å². The fourth-order valence-corrected chi connectivity index (χ4v) is 2.67. The number of benzene rings is 2. The number of carboxylic acid groups (broad SMARTS) is 1. The molecule has 4 aromatic rings. The van der Waals surface area contributed by atoms with Gasteiger partial charge in [0.15, 0.2) is 0 Å². The van der Waals surface area contributed by atoms with Gasteiger partial charge in [-0.1, -0.05) is 42.5 Å². The third-order valence-electron chi connectivity index (χ3n) is 3.80. The van der Waals surface area contributed by atoms with E-state index >= 15 is 0 Å². The second kappa shape index (κ2) is 5.18. The van der Waals surface area contributed by atoms with Crippen LogP contribution in [0.3, 0.4) is 0 Å². The zero-order chi connectivity index (χ0) is 15.8. The predicted octanol–water partition coefficient (Wildman–Crippen LogP) is 4.15. The van der Waals surface area contributed by atoms with E-state index in [1.54, 1.807) is 6.07 Å². The van der Waals surface area contributed by atoms with Gasteiger partial charge in [-0.15, -0.1) is 0 Å². The maximum atomic E-state index is 11.6. The molecule has 0 atom stereocenters. The van der Waals surface area contributed by atoms with Crippen molar-refractivity contribution in [3.8, 4) is 11.4 Å². The average Bonchev–Trinajstić information content (AvgIpc) is 2.60. The Morgan fingerprint density at radius 1 is 0.783 bits per heavy atom. The summed E-state index contributed by atoms with van der Waals surface area (Å²) in [5.41, 5.74) is 2.68. The fourth-order valence-electron chi connectivity index (χ4n) is 2.67. The molecule has 0 fully saturated rings. The number of aromatic carboxylic acids is 1. The number of para-hydroxylation sites is 2. The van der Waals surface area contributed by atoms with E-state index in [0.29, 0.717) is 11.4 Å². The van der Waals surface area contributed by atoms with E-state index in [1.165, 1.54) is 0 Å². The Morgan fingerprint density at radius 3 is 2.17 bits per heavy atom. The summed E-state index contributed by atoms with van der Waals surface area (Å²) >= 11 is 0. The lowest BCUT2D eigenvalue weighted by molar-refractivity contribution is 0.0697. The van der Waals surface area contributed by atoms with Crippen LogP contribution < -0.4 is 0 Å². The van der Waals surface area contributed by atoms with Crippen LogP contribution in [0.15, 0.2) is 66.7 Å². The van der Waals surface area contributed by atoms with Crippen LogP contribution in [0, 0.1) is 0 Å².